The molecule has 1 aliphatic heterocycles. The highest BCUT2D eigenvalue weighted by atomic mass is 79.9. The molecule has 1 aliphatic rings. The minimum absolute atomic E-state index is 0.000101. The van der Waals surface area contributed by atoms with Crippen LogP contribution >= 0.6 is 27.5 Å². The van der Waals surface area contributed by atoms with Gasteiger partial charge in [-0.25, -0.2) is 9.50 Å². The van der Waals surface area contributed by atoms with Crippen molar-refractivity contribution >= 4 is 39.1 Å². The van der Waals surface area contributed by atoms with Crippen molar-refractivity contribution in [1.29, 1.82) is 0 Å². The lowest BCUT2D eigenvalue weighted by Crippen LogP contribution is -2.39. The highest BCUT2D eigenvalue weighted by Crippen LogP contribution is 2.34. The summed E-state index contributed by atoms with van der Waals surface area (Å²) in [5.74, 6) is -0.0882. The summed E-state index contributed by atoms with van der Waals surface area (Å²) in [6.45, 7) is 2.71. The summed E-state index contributed by atoms with van der Waals surface area (Å²) in [5, 5.41) is 4.81. The Morgan fingerprint density at radius 1 is 1.42 bits per heavy atom. The van der Waals surface area contributed by atoms with E-state index in [9.17, 15) is 4.79 Å². The highest BCUT2D eigenvalue weighted by Gasteiger charge is 2.30. The van der Waals surface area contributed by atoms with Crippen molar-refractivity contribution in [1.82, 2.24) is 19.5 Å². The standard InChI is InChI=1S/C17H14BrClN4O/c1-10-12-3-2-4-14(18)13(12)5-6-22(10)17(24)15-7-16-20-8-11(19)9-23(16)21-15/h2-4,7-10H,5-6H2,1H3. The number of amides is 1. The van der Waals surface area contributed by atoms with Crippen molar-refractivity contribution in [3.05, 3.63) is 63.0 Å². The van der Waals surface area contributed by atoms with E-state index in [0.717, 1.165) is 10.9 Å². The van der Waals surface area contributed by atoms with E-state index in [4.69, 9.17) is 11.6 Å². The van der Waals surface area contributed by atoms with Crippen LogP contribution in [0.4, 0.5) is 0 Å². The number of carbonyl (C=O) groups excluding carboxylic acids is 1. The highest BCUT2D eigenvalue weighted by molar-refractivity contribution is 9.10. The molecule has 7 heteroatoms. The summed E-state index contributed by atoms with van der Waals surface area (Å²) in [6, 6.07) is 7.82. The Hall–Kier alpha value is -1.92. The van der Waals surface area contributed by atoms with Gasteiger partial charge in [-0.3, -0.25) is 4.79 Å². The summed E-state index contributed by atoms with van der Waals surface area (Å²) >= 11 is 9.53. The smallest absolute Gasteiger partial charge is 0.274 e. The minimum Gasteiger partial charge on any atom is -0.330 e. The average molecular weight is 406 g/mol. The molecule has 0 spiro atoms. The molecular weight excluding hydrogens is 392 g/mol. The zero-order chi connectivity index (χ0) is 16.8. The van der Waals surface area contributed by atoms with Gasteiger partial charge in [-0.1, -0.05) is 39.7 Å². The molecular formula is C17H14BrClN4O. The zero-order valence-corrected chi connectivity index (χ0v) is 15.3. The first kappa shape index (κ1) is 15.6. The number of aromatic nitrogens is 3. The molecule has 0 saturated heterocycles. The van der Waals surface area contributed by atoms with E-state index < -0.39 is 0 Å². The lowest BCUT2D eigenvalue weighted by atomic mass is 9.93. The van der Waals surface area contributed by atoms with Crippen molar-refractivity contribution in [3.8, 4) is 0 Å². The second-order valence-corrected chi connectivity index (χ2v) is 7.13. The van der Waals surface area contributed by atoms with Gasteiger partial charge < -0.3 is 4.90 Å². The van der Waals surface area contributed by atoms with Crippen LogP contribution in [0.2, 0.25) is 5.02 Å². The second-order valence-electron chi connectivity index (χ2n) is 5.84. The molecule has 1 aromatic carbocycles. The topological polar surface area (TPSA) is 50.5 Å². The number of hydrogen-bond acceptors (Lipinski definition) is 3. The fraction of sp³-hybridized carbons (Fsp3) is 0.235. The van der Waals surface area contributed by atoms with Crippen LogP contribution in [-0.4, -0.2) is 31.9 Å². The fourth-order valence-electron chi connectivity index (χ4n) is 3.21. The summed E-state index contributed by atoms with van der Waals surface area (Å²) < 4.78 is 2.64. The number of carbonyl (C=O) groups is 1. The van der Waals surface area contributed by atoms with Gasteiger partial charge in [-0.15, -0.1) is 0 Å². The molecule has 5 nitrogen and oxygen atoms in total. The molecule has 1 unspecified atom stereocenters. The summed E-state index contributed by atoms with van der Waals surface area (Å²) in [4.78, 5) is 19.0. The molecule has 24 heavy (non-hydrogen) atoms. The molecule has 0 radical (unpaired) electrons. The number of nitrogens with zero attached hydrogens (tertiary/aromatic N) is 4. The van der Waals surface area contributed by atoms with E-state index in [2.05, 4.69) is 32.1 Å². The second kappa shape index (κ2) is 5.86. The van der Waals surface area contributed by atoms with Gasteiger partial charge in [0.2, 0.25) is 0 Å². The van der Waals surface area contributed by atoms with E-state index in [1.165, 1.54) is 15.6 Å². The molecule has 0 bridgehead atoms. The van der Waals surface area contributed by atoms with Gasteiger partial charge in [-0.2, -0.15) is 5.10 Å². The molecule has 4 rings (SSSR count). The third kappa shape index (κ3) is 2.50. The van der Waals surface area contributed by atoms with Crippen LogP contribution in [0.1, 0.15) is 34.6 Å². The van der Waals surface area contributed by atoms with Crippen molar-refractivity contribution in [3.63, 3.8) is 0 Å². The molecule has 3 aromatic rings. The normalized spacial score (nSPS) is 17.1. The number of benzene rings is 1. The SMILES string of the molecule is CC1c2cccc(Br)c2CCN1C(=O)c1cc2ncc(Cl)cn2n1. The minimum atomic E-state index is -0.0882. The lowest BCUT2D eigenvalue weighted by Gasteiger charge is -2.35. The number of rotatable bonds is 1. The Morgan fingerprint density at radius 2 is 2.25 bits per heavy atom. The monoisotopic (exact) mass is 404 g/mol. The first-order valence-electron chi connectivity index (χ1n) is 7.64. The third-order valence-electron chi connectivity index (χ3n) is 4.44. The van der Waals surface area contributed by atoms with Gasteiger partial charge in [0.15, 0.2) is 11.3 Å². The molecule has 0 aliphatic carbocycles. The van der Waals surface area contributed by atoms with E-state index in [0.29, 0.717) is 22.9 Å². The van der Waals surface area contributed by atoms with Crippen molar-refractivity contribution in [2.75, 3.05) is 6.54 Å². The molecule has 122 valence electrons. The van der Waals surface area contributed by atoms with Gasteiger partial charge in [0.25, 0.3) is 5.91 Å². The van der Waals surface area contributed by atoms with Crippen LogP contribution < -0.4 is 0 Å². The van der Waals surface area contributed by atoms with E-state index in [-0.39, 0.29) is 11.9 Å². The van der Waals surface area contributed by atoms with E-state index in [1.807, 2.05) is 24.0 Å². The molecule has 1 atom stereocenters. The van der Waals surface area contributed by atoms with Crippen molar-refractivity contribution < 1.29 is 4.79 Å². The van der Waals surface area contributed by atoms with Crippen LogP contribution in [0.15, 0.2) is 41.1 Å². The first-order chi connectivity index (χ1) is 11.5. The zero-order valence-electron chi connectivity index (χ0n) is 12.9. The summed E-state index contributed by atoms with van der Waals surface area (Å²) in [6.07, 6.45) is 4.01. The molecule has 3 heterocycles. The number of hydrogen-bond donors (Lipinski definition) is 0. The summed E-state index contributed by atoms with van der Waals surface area (Å²) in [5.41, 5.74) is 3.44. The maximum absolute atomic E-state index is 12.9. The Bertz CT molecular complexity index is 955. The molecule has 0 saturated carbocycles. The van der Waals surface area contributed by atoms with Gasteiger partial charge in [-0.05, 0) is 30.5 Å². The molecule has 1 amide bonds. The van der Waals surface area contributed by atoms with Gasteiger partial charge in [0.1, 0.15) is 0 Å². The number of halogens is 2. The quantitative estimate of drug-likeness (QED) is 0.617. The van der Waals surface area contributed by atoms with E-state index in [1.54, 1.807) is 18.5 Å². The van der Waals surface area contributed by atoms with Gasteiger partial charge in [0.05, 0.1) is 17.3 Å². The Balaban J connectivity index is 1.69. The largest absolute Gasteiger partial charge is 0.330 e. The number of fused-ring (bicyclic) bond motifs is 2. The van der Waals surface area contributed by atoms with Crippen LogP contribution in [0.3, 0.4) is 0 Å². The van der Waals surface area contributed by atoms with Crippen molar-refractivity contribution in [2.24, 2.45) is 0 Å². The van der Waals surface area contributed by atoms with Crippen LogP contribution in [0, 0.1) is 0 Å². The van der Waals surface area contributed by atoms with Crippen molar-refractivity contribution in [2.45, 2.75) is 19.4 Å². The Morgan fingerprint density at radius 3 is 3.08 bits per heavy atom. The van der Waals surface area contributed by atoms with Gasteiger partial charge in [0, 0.05) is 23.3 Å². The fourth-order valence-corrected chi connectivity index (χ4v) is 3.93. The molecule has 0 N–H and O–H groups in total. The Labute approximate surface area is 152 Å². The molecule has 2 aromatic heterocycles. The summed E-state index contributed by atoms with van der Waals surface area (Å²) in [7, 11) is 0. The van der Waals surface area contributed by atoms with Gasteiger partial charge >= 0.3 is 0 Å². The van der Waals surface area contributed by atoms with E-state index >= 15 is 0 Å². The predicted octanol–water partition coefficient (Wildman–Crippen LogP) is 3.90. The first-order valence-corrected chi connectivity index (χ1v) is 8.81. The maximum atomic E-state index is 12.9. The molecule has 0 fully saturated rings. The average Bonchev–Trinajstić information content (AvgIpc) is 2.98. The third-order valence-corrected chi connectivity index (χ3v) is 5.38. The lowest BCUT2D eigenvalue weighted by molar-refractivity contribution is 0.0671. The van der Waals surface area contributed by atoms with Crippen LogP contribution in [0.25, 0.3) is 5.65 Å². The Kier molecular flexibility index (Phi) is 3.81. The van der Waals surface area contributed by atoms with Crippen LogP contribution in [0.5, 0.6) is 0 Å². The maximum Gasteiger partial charge on any atom is 0.274 e. The van der Waals surface area contributed by atoms with Crippen LogP contribution in [-0.2, 0) is 6.42 Å². The predicted molar refractivity (Wildman–Crippen MR) is 95.3 cm³/mol.